The molecule has 0 aliphatic carbocycles. The van der Waals surface area contributed by atoms with Gasteiger partial charge in [-0.25, -0.2) is 8.78 Å². The van der Waals surface area contributed by atoms with Crippen molar-refractivity contribution in [1.82, 2.24) is 4.90 Å². The van der Waals surface area contributed by atoms with Crippen LogP contribution in [0.1, 0.15) is 17.3 Å². The molecule has 0 heterocycles. The molecule has 1 aromatic carbocycles. The first-order chi connectivity index (χ1) is 7.91. The summed E-state index contributed by atoms with van der Waals surface area (Å²) < 4.78 is 26.6. The van der Waals surface area contributed by atoms with Crippen molar-refractivity contribution in [3.05, 3.63) is 35.4 Å². The van der Waals surface area contributed by atoms with Gasteiger partial charge in [-0.05, 0) is 26.1 Å². The lowest BCUT2D eigenvalue weighted by Crippen LogP contribution is -2.32. The molecule has 0 aliphatic rings. The van der Waals surface area contributed by atoms with Crippen LogP contribution >= 0.6 is 0 Å². The summed E-state index contributed by atoms with van der Waals surface area (Å²) in [4.78, 5) is 13.2. The van der Waals surface area contributed by atoms with Crippen molar-refractivity contribution in [2.75, 3.05) is 20.1 Å². The second-order valence-electron chi connectivity index (χ2n) is 4.07. The summed E-state index contributed by atoms with van der Waals surface area (Å²) in [6.45, 7) is 1.70. The number of carbonyl (C=O) groups excluding carboxylic acids is 1. The zero-order valence-electron chi connectivity index (χ0n) is 9.78. The first-order valence-electron chi connectivity index (χ1n) is 5.25. The molecule has 17 heavy (non-hydrogen) atoms. The monoisotopic (exact) mass is 243 g/mol. The lowest BCUT2D eigenvalue weighted by Gasteiger charge is -2.17. The van der Waals surface area contributed by atoms with Crippen LogP contribution in [0, 0.1) is 11.6 Å². The predicted molar refractivity (Wildman–Crippen MR) is 59.9 cm³/mol. The maximum Gasteiger partial charge on any atom is 0.182 e. The number of aliphatic hydroxyl groups is 1. The Morgan fingerprint density at radius 1 is 1.41 bits per heavy atom. The Hall–Kier alpha value is -1.33. The predicted octanol–water partition coefficient (Wildman–Crippen LogP) is 1.46. The van der Waals surface area contributed by atoms with E-state index in [1.54, 1.807) is 14.0 Å². The lowest BCUT2D eigenvalue weighted by molar-refractivity contribution is 0.0893. The molecule has 0 amide bonds. The van der Waals surface area contributed by atoms with Crippen molar-refractivity contribution in [3.63, 3.8) is 0 Å². The topological polar surface area (TPSA) is 40.5 Å². The second-order valence-corrected chi connectivity index (χ2v) is 4.07. The van der Waals surface area contributed by atoms with E-state index < -0.39 is 29.1 Å². The molecule has 1 N–H and O–H groups in total. The highest BCUT2D eigenvalue weighted by atomic mass is 19.1. The standard InChI is InChI=1S/C12H15F2NO2/c1-8(16)6-15(2)7-11(17)12-9(13)4-3-5-10(12)14/h3-5,8,16H,6-7H2,1-2H3. The van der Waals surface area contributed by atoms with E-state index in [-0.39, 0.29) is 13.1 Å². The fraction of sp³-hybridized carbons (Fsp3) is 0.417. The van der Waals surface area contributed by atoms with E-state index in [2.05, 4.69) is 0 Å². The number of benzene rings is 1. The number of rotatable bonds is 5. The summed E-state index contributed by atoms with van der Waals surface area (Å²) in [5.74, 6) is -2.36. The van der Waals surface area contributed by atoms with Gasteiger partial charge in [0.05, 0.1) is 18.2 Å². The van der Waals surface area contributed by atoms with Gasteiger partial charge in [0.1, 0.15) is 11.6 Å². The molecule has 0 saturated heterocycles. The summed E-state index contributed by atoms with van der Waals surface area (Å²) >= 11 is 0. The fourth-order valence-corrected chi connectivity index (χ4v) is 1.60. The molecule has 3 nitrogen and oxygen atoms in total. The van der Waals surface area contributed by atoms with E-state index in [9.17, 15) is 13.6 Å². The minimum atomic E-state index is -0.861. The first-order valence-corrected chi connectivity index (χ1v) is 5.25. The van der Waals surface area contributed by atoms with Crippen molar-refractivity contribution < 1.29 is 18.7 Å². The van der Waals surface area contributed by atoms with Crippen LogP contribution < -0.4 is 0 Å². The number of aliphatic hydroxyl groups excluding tert-OH is 1. The van der Waals surface area contributed by atoms with Gasteiger partial charge >= 0.3 is 0 Å². The number of likely N-dealkylation sites (N-methyl/N-ethyl adjacent to an activating group) is 1. The zero-order valence-corrected chi connectivity index (χ0v) is 9.78. The van der Waals surface area contributed by atoms with Crippen LogP contribution in [-0.2, 0) is 0 Å². The van der Waals surface area contributed by atoms with Crippen LogP contribution in [0.2, 0.25) is 0 Å². The molecule has 0 aliphatic heterocycles. The van der Waals surface area contributed by atoms with Gasteiger partial charge in [0.25, 0.3) is 0 Å². The van der Waals surface area contributed by atoms with E-state index >= 15 is 0 Å². The maximum atomic E-state index is 13.3. The Morgan fingerprint density at radius 2 is 1.94 bits per heavy atom. The van der Waals surface area contributed by atoms with Crippen LogP contribution in [0.15, 0.2) is 18.2 Å². The van der Waals surface area contributed by atoms with Crippen molar-refractivity contribution in [1.29, 1.82) is 0 Å². The minimum absolute atomic E-state index is 0.136. The van der Waals surface area contributed by atoms with Crippen LogP contribution in [0.25, 0.3) is 0 Å². The maximum absolute atomic E-state index is 13.3. The molecule has 0 radical (unpaired) electrons. The number of carbonyl (C=O) groups is 1. The number of ketones is 1. The van der Waals surface area contributed by atoms with E-state index in [0.717, 1.165) is 12.1 Å². The number of nitrogens with zero attached hydrogens (tertiary/aromatic N) is 1. The van der Waals surface area contributed by atoms with Gasteiger partial charge in [0.15, 0.2) is 5.78 Å². The third-order valence-electron chi connectivity index (χ3n) is 2.23. The zero-order chi connectivity index (χ0) is 13.0. The van der Waals surface area contributed by atoms with E-state index in [4.69, 9.17) is 5.11 Å². The molecule has 0 aromatic heterocycles. The smallest absolute Gasteiger partial charge is 0.182 e. The van der Waals surface area contributed by atoms with Crippen LogP contribution in [-0.4, -0.2) is 42.0 Å². The molecular weight excluding hydrogens is 228 g/mol. The summed E-state index contributed by atoms with van der Waals surface area (Å²) in [7, 11) is 1.60. The lowest BCUT2D eigenvalue weighted by atomic mass is 10.1. The van der Waals surface area contributed by atoms with E-state index in [1.165, 1.54) is 11.0 Å². The Kier molecular flexibility index (Phi) is 4.72. The van der Waals surface area contributed by atoms with Gasteiger partial charge in [0, 0.05) is 6.54 Å². The van der Waals surface area contributed by atoms with Gasteiger partial charge in [-0.2, -0.15) is 0 Å². The van der Waals surface area contributed by atoms with Gasteiger partial charge in [0.2, 0.25) is 0 Å². The third-order valence-corrected chi connectivity index (χ3v) is 2.23. The van der Waals surface area contributed by atoms with E-state index in [1.807, 2.05) is 0 Å². The van der Waals surface area contributed by atoms with Gasteiger partial charge in [-0.3, -0.25) is 9.69 Å². The molecule has 1 atom stereocenters. The van der Waals surface area contributed by atoms with Crippen LogP contribution in [0.3, 0.4) is 0 Å². The number of hydrogen-bond acceptors (Lipinski definition) is 3. The molecule has 0 spiro atoms. The summed E-state index contributed by atoms with van der Waals surface area (Å²) in [6, 6.07) is 3.30. The highest BCUT2D eigenvalue weighted by Crippen LogP contribution is 2.13. The van der Waals surface area contributed by atoms with Crippen LogP contribution in [0.4, 0.5) is 8.78 Å². The van der Waals surface area contributed by atoms with Crippen molar-refractivity contribution in [2.45, 2.75) is 13.0 Å². The Balaban J connectivity index is 2.77. The summed E-state index contributed by atoms with van der Waals surface area (Å²) in [6.07, 6.45) is -0.599. The molecule has 5 heteroatoms. The first kappa shape index (κ1) is 13.7. The number of halogens is 2. The molecule has 1 unspecified atom stereocenters. The average molecular weight is 243 g/mol. The quantitative estimate of drug-likeness (QED) is 0.796. The number of Topliss-reactive ketones (excluding diaryl/α,β-unsaturated/α-hetero) is 1. The van der Waals surface area contributed by atoms with E-state index in [0.29, 0.717) is 0 Å². The Morgan fingerprint density at radius 3 is 2.41 bits per heavy atom. The SMILES string of the molecule is CC(O)CN(C)CC(=O)c1c(F)cccc1F. The summed E-state index contributed by atoms with van der Waals surface area (Å²) in [5, 5.41) is 9.11. The largest absolute Gasteiger partial charge is 0.392 e. The minimum Gasteiger partial charge on any atom is -0.392 e. The number of hydrogen-bond donors (Lipinski definition) is 1. The Bertz CT molecular complexity index is 387. The molecule has 0 bridgehead atoms. The second kappa shape index (κ2) is 5.84. The normalized spacial score (nSPS) is 12.8. The van der Waals surface area contributed by atoms with Gasteiger partial charge < -0.3 is 5.11 Å². The molecule has 1 aromatic rings. The van der Waals surface area contributed by atoms with Crippen molar-refractivity contribution in [2.24, 2.45) is 0 Å². The van der Waals surface area contributed by atoms with Gasteiger partial charge in [-0.15, -0.1) is 0 Å². The molecule has 1 rings (SSSR count). The average Bonchev–Trinajstić information content (AvgIpc) is 2.15. The fourth-order valence-electron chi connectivity index (χ4n) is 1.60. The van der Waals surface area contributed by atoms with Crippen molar-refractivity contribution in [3.8, 4) is 0 Å². The van der Waals surface area contributed by atoms with Crippen molar-refractivity contribution >= 4 is 5.78 Å². The Labute approximate surface area is 98.7 Å². The summed E-state index contributed by atoms with van der Waals surface area (Å²) in [5.41, 5.74) is -0.523. The van der Waals surface area contributed by atoms with Gasteiger partial charge in [-0.1, -0.05) is 6.07 Å². The molecular formula is C12H15F2NO2. The molecule has 0 saturated carbocycles. The van der Waals surface area contributed by atoms with Crippen LogP contribution in [0.5, 0.6) is 0 Å². The molecule has 94 valence electrons. The third kappa shape index (κ3) is 3.87. The molecule has 0 fully saturated rings. The highest BCUT2D eigenvalue weighted by molar-refractivity contribution is 5.98. The highest BCUT2D eigenvalue weighted by Gasteiger charge is 2.18.